The third-order valence-electron chi connectivity index (χ3n) is 2.80. The molecular formula is C14H13NO5S. The minimum absolute atomic E-state index is 0.172. The number of nitro benzene ring substituents is 1. The van der Waals surface area contributed by atoms with Gasteiger partial charge < -0.3 is 0 Å². The number of rotatable bonds is 5. The summed E-state index contributed by atoms with van der Waals surface area (Å²) in [5, 5.41) is 11.0. The molecule has 0 aromatic heterocycles. The van der Waals surface area contributed by atoms with Crippen LogP contribution in [0.15, 0.2) is 53.4 Å². The molecule has 0 aliphatic heterocycles. The molecule has 0 aliphatic carbocycles. The molecule has 0 fully saturated rings. The van der Waals surface area contributed by atoms with E-state index in [1.54, 1.807) is 37.3 Å². The Morgan fingerprint density at radius 3 is 2.43 bits per heavy atom. The van der Waals surface area contributed by atoms with Crippen molar-refractivity contribution in [2.45, 2.75) is 18.4 Å². The van der Waals surface area contributed by atoms with E-state index in [2.05, 4.69) is 0 Å². The van der Waals surface area contributed by atoms with Gasteiger partial charge in [0, 0.05) is 6.07 Å². The molecule has 0 saturated carbocycles. The Morgan fingerprint density at radius 1 is 1.14 bits per heavy atom. The van der Waals surface area contributed by atoms with Crippen molar-refractivity contribution in [1.82, 2.24) is 0 Å². The first-order valence-electron chi connectivity index (χ1n) is 6.08. The van der Waals surface area contributed by atoms with Crippen molar-refractivity contribution in [1.29, 1.82) is 0 Å². The van der Waals surface area contributed by atoms with E-state index >= 15 is 0 Å². The molecule has 0 unspecified atom stereocenters. The maximum Gasteiger partial charge on any atom is 0.304 e. The van der Waals surface area contributed by atoms with E-state index in [1.165, 1.54) is 18.2 Å². The molecule has 21 heavy (non-hydrogen) atoms. The topological polar surface area (TPSA) is 86.5 Å². The molecule has 0 atom stereocenters. The summed E-state index contributed by atoms with van der Waals surface area (Å²) in [5.41, 5.74) is 0.780. The molecular weight excluding hydrogens is 294 g/mol. The lowest BCUT2D eigenvalue weighted by Gasteiger charge is -2.07. The van der Waals surface area contributed by atoms with E-state index in [1.807, 2.05) is 0 Å². The first kappa shape index (κ1) is 15.1. The Hall–Kier alpha value is -2.25. The highest BCUT2D eigenvalue weighted by Crippen LogP contribution is 2.26. The second-order valence-electron chi connectivity index (χ2n) is 4.43. The van der Waals surface area contributed by atoms with Crippen LogP contribution in [0.2, 0.25) is 0 Å². The number of nitrogens with zero attached hydrogens (tertiary/aromatic N) is 1. The van der Waals surface area contributed by atoms with Gasteiger partial charge in [0.15, 0.2) is 4.90 Å². The fourth-order valence-electron chi connectivity index (χ4n) is 1.76. The maximum atomic E-state index is 12.1. The Morgan fingerprint density at radius 2 is 1.81 bits per heavy atom. The quantitative estimate of drug-likeness (QED) is 0.481. The molecule has 0 heterocycles. The van der Waals surface area contributed by atoms with Crippen LogP contribution in [0.1, 0.15) is 11.1 Å². The Balaban J connectivity index is 2.30. The fraction of sp³-hybridized carbons (Fsp3) is 0.143. The average Bonchev–Trinajstić information content (AvgIpc) is 2.46. The number of nitro groups is 1. The molecule has 0 N–H and O–H groups in total. The third kappa shape index (κ3) is 3.65. The monoisotopic (exact) mass is 307 g/mol. The molecule has 6 nitrogen and oxygen atoms in total. The summed E-state index contributed by atoms with van der Waals surface area (Å²) in [5.74, 6) is 0. The van der Waals surface area contributed by atoms with Gasteiger partial charge in [0.05, 0.1) is 11.5 Å². The summed E-state index contributed by atoms with van der Waals surface area (Å²) in [4.78, 5) is 9.81. The molecule has 0 radical (unpaired) electrons. The summed E-state index contributed by atoms with van der Waals surface area (Å²) < 4.78 is 29.1. The molecule has 2 rings (SSSR count). The number of hydrogen-bond donors (Lipinski definition) is 0. The van der Waals surface area contributed by atoms with Crippen molar-refractivity contribution in [3.63, 3.8) is 0 Å². The smallest absolute Gasteiger partial charge is 0.261 e. The van der Waals surface area contributed by atoms with Gasteiger partial charge in [-0.25, -0.2) is 0 Å². The highest BCUT2D eigenvalue weighted by Gasteiger charge is 2.26. The standard InChI is InChI=1S/C14H13NO5S/c1-11-7-8-14(13(9-11)15(16)17)21(18,19)20-10-12-5-3-2-4-6-12/h2-9H,10H2,1H3. The minimum Gasteiger partial charge on any atom is -0.261 e. The van der Waals surface area contributed by atoms with Crippen LogP contribution in [0.4, 0.5) is 5.69 Å². The van der Waals surface area contributed by atoms with E-state index in [9.17, 15) is 18.5 Å². The summed E-state index contributed by atoms with van der Waals surface area (Å²) in [6, 6.07) is 12.6. The van der Waals surface area contributed by atoms with Gasteiger partial charge in [-0.2, -0.15) is 8.42 Å². The highest BCUT2D eigenvalue weighted by atomic mass is 32.2. The van der Waals surface area contributed by atoms with Crippen LogP contribution < -0.4 is 0 Å². The zero-order valence-corrected chi connectivity index (χ0v) is 12.0. The van der Waals surface area contributed by atoms with Crippen LogP contribution in [0.25, 0.3) is 0 Å². The predicted molar refractivity (Wildman–Crippen MR) is 76.3 cm³/mol. The van der Waals surface area contributed by atoms with Crippen molar-refractivity contribution in [3.8, 4) is 0 Å². The summed E-state index contributed by atoms with van der Waals surface area (Å²) >= 11 is 0. The molecule has 0 aliphatic rings. The largest absolute Gasteiger partial charge is 0.304 e. The van der Waals surface area contributed by atoms with Crippen LogP contribution in [-0.4, -0.2) is 13.3 Å². The second-order valence-corrected chi connectivity index (χ2v) is 6.01. The zero-order valence-electron chi connectivity index (χ0n) is 11.2. The Bertz CT molecular complexity index is 756. The van der Waals surface area contributed by atoms with Crippen molar-refractivity contribution in [2.75, 3.05) is 0 Å². The summed E-state index contributed by atoms with van der Waals surface area (Å²) in [6.45, 7) is 1.47. The molecule has 2 aromatic carbocycles. The summed E-state index contributed by atoms with van der Waals surface area (Å²) in [7, 11) is -4.19. The van der Waals surface area contributed by atoms with Crippen LogP contribution in [0.5, 0.6) is 0 Å². The molecule has 2 aromatic rings. The van der Waals surface area contributed by atoms with Gasteiger partial charge in [-0.15, -0.1) is 0 Å². The first-order valence-corrected chi connectivity index (χ1v) is 7.49. The van der Waals surface area contributed by atoms with E-state index in [4.69, 9.17) is 4.18 Å². The van der Waals surface area contributed by atoms with Crippen LogP contribution in [-0.2, 0) is 20.9 Å². The lowest BCUT2D eigenvalue weighted by atomic mass is 10.2. The van der Waals surface area contributed by atoms with Crippen molar-refractivity contribution < 1.29 is 17.5 Å². The number of hydrogen-bond acceptors (Lipinski definition) is 5. The minimum atomic E-state index is -4.19. The first-order chi connectivity index (χ1) is 9.90. The zero-order chi connectivity index (χ0) is 15.5. The third-order valence-corrected chi connectivity index (χ3v) is 4.12. The van der Waals surface area contributed by atoms with Gasteiger partial charge in [-0.05, 0) is 24.1 Å². The highest BCUT2D eigenvalue weighted by molar-refractivity contribution is 7.86. The normalized spacial score (nSPS) is 11.3. The van der Waals surface area contributed by atoms with Gasteiger partial charge in [0.25, 0.3) is 5.69 Å². The molecule has 0 bridgehead atoms. The van der Waals surface area contributed by atoms with Gasteiger partial charge in [0.1, 0.15) is 0 Å². The summed E-state index contributed by atoms with van der Waals surface area (Å²) in [6.07, 6.45) is 0. The Labute approximate surface area is 122 Å². The van der Waals surface area contributed by atoms with Gasteiger partial charge in [-0.1, -0.05) is 36.4 Å². The van der Waals surface area contributed by atoms with Crippen molar-refractivity contribution in [3.05, 3.63) is 69.8 Å². The van der Waals surface area contributed by atoms with Gasteiger partial charge >= 0.3 is 10.1 Å². The van der Waals surface area contributed by atoms with Crippen LogP contribution in [0, 0.1) is 17.0 Å². The predicted octanol–water partition coefficient (Wildman–Crippen LogP) is 2.81. The van der Waals surface area contributed by atoms with E-state index in [0.717, 1.165) is 0 Å². The molecule has 7 heteroatoms. The number of benzene rings is 2. The molecule has 0 spiro atoms. The lowest BCUT2D eigenvalue weighted by molar-refractivity contribution is -0.388. The SMILES string of the molecule is Cc1ccc(S(=O)(=O)OCc2ccccc2)c([N+](=O)[O-])c1. The molecule has 0 amide bonds. The fourth-order valence-corrected chi connectivity index (χ4v) is 2.81. The molecule has 110 valence electrons. The van der Waals surface area contributed by atoms with Gasteiger partial charge in [0.2, 0.25) is 0 Å². The van der Waals surface area contributed by atoms with Crippen molar-refractivity contribution >= 4 is 15.8 Å². The molecule has 0 saturated heterocycles. The second kappa shape index (κ2) is 6.02. The average molecular weight is 307 g/mol. The van der Waals surface area contributed by atoms with E-state index in [0.29, 0.717) is 11.1 Å². The van der Waals surface area contributed by atoms with Crippen LogP contribution in [0.3, 0.4) is 0 Å². The van der Waals surface area contributed by atoms with Gasteiger partial charge in [-0.3, -0.25) is 14.3 Å². The van der Waals surface area contributed by atoms with E-state index < -0.39 is 25.6 Å². The lowest BCUT2D eigenvalue weighted by Crippen LogP contribution is -2.09. The number of aryl methyl sites for hydroxylation is 1. The maximum absolute atomic E-state index is 12.1. The van der Waals surface area contributed by atoms with Crippen LogP contribution >= 0.6 is 0 Å². The Kier molecular flexibility index (Phi) is 4.35. The van der Waals surface area contributed by atoms with Crippen molar-refractivity contribution in [2.24, 2.45) is 0 Å². The van der Waals surface area contributed by atoms with E-state index in [-0.39, 0.29) is 6.61 Å².